The summed E-state index contributed by atoms with van der Waals surface area (Å²) in [5.74, 6) is -1.66. The number of carbonyl (C=O) groups is 2. The van der Waals surface area contributed by atoms with Gasteiger partial charge in [0, 0.05) is 17.4 Å². The average molecular weight is 322 g/mol. The van der Waals surface area contributed by atoms with E-state index in [1.165, 1.54) is 0 Å². The SMILES string of the molecule is N#CC1C(SCC(N)=O)=NC(=O)CC1c1ccc(Cl)cc1. The van der Waals surface area contributed by atoms with E-state index in [4.69, 9.17) is 17.3 Å². The summed E-state index contributed by atoms with van der Waals surface area (Å²) < 4.78 is 0. The molecule has 0 saturated heterocycles. The van der Waals surface area contributed by atoms with E-state index in [2.05, 4.69) is 11.1 Å². The van der Waals surface area contributed by atoms with Crippen LogP contribution >= 0.6 is 23.4 Å². The zero-order chi connectivity index (χ0) is 15.4. The molecular formula is C14H12ClN3O2S. The summed E-state index contributed by atoms with van der Waals surface area (Å²) in [5.41, 5.74) is 5.95. The van der Waals surface area contributed by atoms with Crippen molar-refractivity contribution >= 4 is 40.2 Å². The van der Waals surface area contributed by atoms with Crippen molar-refractivity contribution < 1.29 is 9.59 Å². The van der Waals surface area contributed by atoms with E-state index in [0.717, 1.165) is 17.3 Å². The maximum absolute atomic E-state index is 11.8. The molecule has 0 radical (unpaired) electrons. The topological polar surface area (TPSA) is 96.3 Å². The van der Waals surface area contributed by atoms with Gasteiger partial charge >= 0.3 is 0 Å². The molecule has 0 aliphatic carbocycles. The molecule has 108 valence electrons. The van der Waals surface area contributed by atoms with Crippen molar-refractivity contribution in [3.8, 4) is 6.07 Å². The molecule has 0 aromatic heterocycles. The Morgan fingerprint density at radius 2 is 2.14 bits per heavy atom. The molecule has 7 heteroatoms. The van der Waals surface area contributed by atoms with Crippen LogP contribution in [0.15, 0.2) is 29.3 Å². The number of rotatable bonds is 3. The first-order valence-corrected chi connectivity index (χ1v) is 7.55. The summed E-state index contributed by atoms with van der Waals surface area (Å²) in [6, 6.07) is 9.21. The molecule has 0 saturated carbocycles. The zero-order valence-corrected chi connectivity index (χ0v) is 12.5. The number of aliphatic imine (C=N–C) groups is 1. The van der Waals surface area contributed by atoms with Gasteiger partial charge in [-0.05, 0) is 17.7 Å². The van der Waals surface area contributed by atoms with E-state index in [0.29, 0.717) is 10.1 Å². The number of hydrogen-bond donors (Lipinski definition) is 1. The van der Waals surface area contributed by atoms with E-state index in [9.17, 15) is 14.9 Å². The van der Waals surface area contributed by atoms with E-state index in [1.54, 1.807) is 24.3 Å². The van der Waals surface area contributed by atoms with Gasteiger partial charge in [-0.3, -0.25) is 9.59 Å². The molecule has 1 aliphatic rings. The van der Waals surface area contributed by atoms with Gasteiger partial charge in [0.05, 0.1) is 16.9 Å². The van der Waals surface area contributed by atoms with Gasteiger partial charge < -0.3 is 5.73 Å². The number of thioether (sulfide) groups is 1. The van der Waals surface area contributed by atoms with Crippen LogP contribution in [0.4, 0.5) is 0 Å². The molecule has 1 aliphatic heterocycles. The summed E-state index contributed by atoms with van der Waals surface area (Å²) >= 11 is 6.90. The summed E-state index contributed by atoms with van der Waals surface area (Å²) in [7, 11) is 0. The monoisotopic (exact) mass is 321 g/mol. The molecule has 1 heterocycles. The lowest BCUT2D eigenvalue weighted by Crippen LogP contribution is -2.28. The second kappa shape index (κ2) is 6.74. The van der Waals surface area contributed by atoms with Crippen molar-refractivity contribution in [2.75, 3.05) is 5.75 Å². The maximum Gasteiger partial charge on any atom is 0.247 e. The molecule has 1 aromatic rings. The molecule has 0 bridgehead atoms. The molecule has 2 atom stereocenters. The highest BCUT2D eigenvalue weighted by atomic mass is 35.5. The van der Waals surface area contributed by atoms with Crippen LogP contribution in [0.5, 0.6) is 0 Å². The highest BCUT2D eigenvalue weighted by Crippen LogP contribution is 2.36. The first-order valence-electron chi connectivity index (χ1n) is 6.19. The zero-order valence-electron chi connectivity index (χ0n) is 11.0. The summed E-state index contributed by atoms with van der Waals surface area (Å²) in [5, 5.41) is 10.3. The van der Waals surface area contributed by atoms with Gasteiger partial charge in [-0.2, -0.15) is 5.26 Å². The summed E-state index contributed by atoms with van der Waals surface area (Å²) in [6.45, 7) is 0. The summed E-state index contributed by atoms with van der Waals surface area (Å²) in [4.78, 5) is 26.5. The van der Waals surface area contributed by atoms with Crippen molar-refractivity contribution in [1.29, 1.82) is 5.26 Å². The van der Waals surface area contributed by atoms with Gasteiger partial charge in [0.2, 0.25) is 11.8 Å². The Labute approximate surface area is 131 Å². The lowest BCUT2D eigenvalue weighted by Gasteiger charge is -2.26. The third kappa shape index (κ3) is 3.84. The van der Waals surface area contributed by atoms with E-state index in [1.807, 2.05) is 0 Å². The van der Waals surface area contributed by atoms with Gasteiger partial charge in [-0.15, -0.1) is 0 Å². The molecule has 2 rings (SSSR count). The van der Waals surface area contributed by atoms with Crippen LogP contribution < -0.4 is 5.73 Å². The standard InChI is InChI=1S/C14H12ClN3O2S/c15-9-3-1-8(2-4-9)10-5-13(20)18-14(11(10)6-16)21-7-12(17)19/h1-4,10-11H,5,7H2,(H2,17,19). The van der Waals surface area contributed by atoms with Crippen molar-refractivity contribution in [3.05, 3.63) is 34.9 Å². The predicted octanol–water partition coefficient (Wildman–Crippen LogP) is 2.11. The lowest BCUT2D eigenvalue weighted by molar-refractivity contribution is -0.118. The fourth-order valence-corrected chi connectivity index (χ4v) is 3.13. The molecule has 21 heavy (non-hydrogen) atoms. The second-order valence-corrected chi connectivity index (χ2v) is 6.00. The molecule has 2 N–H and O–H groups in total. The first-order chi connectivity index (χ1) is 10.0. The predicted molar refractivity (Wildman–Crippen MR) is 82.0 cm³/mol. The Kier molecular flexibility index (Phi) is 4.99. The van der Waals surface area contributed by atoms with Gasteiger partial charge in [0.15, 0.2) is 0 Å². The highest BCUT2D eigenvalue weighted by Gasteiger charge is 2.34. The van der Waals surface area contributed by atoms with Gasteiger partial charge in [0.1, 0.15) is 5.92 Å². The minimum atomic E-state index is -0.562. The third-order valence-corrected chi connectivity index (χ3v) is 4.42. The molecule has 0 fully saturated rings. The Hall–Kier alpha value is -1.84. The third-order valence-electron chi connectivity index (χ3n) is 3.10. The van der Waals surface area contributed by atoms with E-state index < -0.39 is 11.8 Å². The van der Waals surface area contributed by atoms with Crippen LogP contribution in [0.3, 0.4) is 0 Å². The van der Waals surface area contributed by atoms with E-state index in [-0.39, 0.29) is 24.0 Å². The van der Waals surface area contributed by atoms with Gasteiger partial charge in [-0.25, -0.2) is 4.99 Å². The number of halogens is 1. The number of nitrogens with two attached hydrogens (primary N) is 1. The number of hydrogen-bond acceptors (Lipinski definition) is 4. The molecule has 2 unspecified atom stereocenters. The number of primary amides is 1. The number of amides is 2. The summed E-state index contributed by atoms with van der Waals surface area (Å²) in [6.07, 6.45) is 0.167. The van der Waals surface area contributed by atoms with Crippen molar-refractivity contribution in [3.63, 3.8) is 0 Å². The number of nitrogens with zero attached hydrogens (tertiary/aromatic N) is 2. The minimum absolute atomic E-state index is 0.00235. The number of benzene rings is 1. The Balaban J connectivity index is 2.29. The van der Waals surface area contributed by atoms with Gasteiger partial charge in [0.25, 0.3) is 0 Å². The minimum Gasteiger partial charge on any atom is -0.369 e. The molecule has 2 amide bonds. The van der Waals surface area contributed by atoms with Crippen LogP contribution in [0.25, 0.3) is 0 Å². The number of carbonyl (C=O) groups excluding carboxylic acids is 2. The second-order valence-electron chi connectivity index (χ2n) is 4.57. The van der Waals surface area contributed by atoms with Crippen LogP contribution in [0.2, 0.25) is 5.02 Å². The molecule has 1 aromatic carbocycles. The van der Waals surface area contributed by atoms with Crippen LogP contribution in [-0.2, 0) is 9.59 Å². The van der Waals surface area contributed by atoms with Crippen molar-refractivity contribution in [2.45, 2.75) is 12.3 Å². The molecular weight excluding hydrogens is 310 g/mol. The largest absolute Gasteiger partial charge is 0.369 e. The maximum atomic E-state index is 11.8. The average Bonchev–Trinajstić information content (AvgIpc) is 2.45. The van der Waals surface area contributed by atoms with Gasteiger partial charge in [-0.1, -0.05) is 35.5 Å². The van der Waals surface area contributed by atoms with E-state index >= 15 is 0 Å². The Morgan fingerprint density at radius 3 is 2.71 bits per heavy atom. The van der Waals surface area contributed by atoms with Crippen LogP contribution in [0.1, 0.15) is 17.9 Å². The highest BCUT2D eigenvalue weighted by molar-refractivity contribution is 8.14. The van der Waals surface area contributed by atoms with Crippen LogP contribution in [0, 0.1) is 17.2 Å². The van der Waals surface area contributed by atoms with Crippen LogP contribution in [-0.4, -0.2) is 22.6 Å². The van der Waals surface area contributed by atoms with Crippen molar-refractivity contribution in [1.82, 2.24) is 0 Å². The Bertz CT molecular complexity index is 637. The Morgan fingerprint density at radius 1 is 1.48 bits per heavy atom. The first kappa shape index (κ1) is 15.5. The smallest absolute Gasteiger partial charge is 0.247 e. The fraction of sp³-hybridized carbons (Fsp3) is 0.286. The molecule has 0 spiro atoms. The fourth-order valence-electron chi connectivity index (χ4n) is 2.15. The quantitative estimate of drug-likeness (QED) is 0.922. The lowest BCUT2D eigenvalue weighted by atomic mass is 9.83. The number of nitriles is 1. The van der Waals surface area contributed by atoms with Crippen molar-refractivity contribution in [2.24, 2.45) is 16.6 Å². The normalized spacial score (nSPS) is 21.5. The molecule has 5 nitrogen and oxygen atoms in total.